The van der Waals surface area contributed by atoms with Crippen LogP contribution < -0.4 is 10.1 Å². The van der Waals surface area contributed by atoms with Crippen LogP contribution in [0.1, 0.15) is 50.8 Å². The number of nitrogens with zero attached hydrogens (tertiary/aromatic N) is 2. The van der Waals surface area contributed by atoms with E-state index in [1.165, 1.54) is 6.92 Å². The molecule has 1 saturated carbocycles. The predicted octanol–water partition coefficient (Wildman–Crippen LogP) is 5.24. The second-order valence-electron chi connectivity index (χ2n) is 8.41. The number of hydrogen-bond acceptors (Lipinski definition) is 4. The van der Waals surface area contributed by atoms with E-state index in [1.807, 2.05) is 55.5 Å². The van der Waals surface area contributed by atoms with Crippen LogP contribution in [0.4, 0.5) is 5.69 Å². The van der Waals surface area contributed by atoms with Crippen LogP contribution in [0, 0.1) is 12.8 Å². The van der Waals surface area contributed by atoms with Gasteiger partial charge in [0.2, 0.25) is 11.8 Å². The van der Waals surface area contributed by atoms with E-state index in [4.69, 9.17) is 9.84 Å². The zero-order valence-electron chi connectivity index (χ0n) is 18.3. The van der Waals surface area contributed by atoms with Gasteiger partial charge in [0.1, 0.15) is 0 Å². The molecular weight excluding hydrogens is 390 g/mol. The highest BCUT2D eigenvalue weighted by Gasteiger charge is 2.30. The molecule has 0 atom stereocenters. The molecule has 0 radical (unpaired) electrons. The smallest absolute Gasteiger partial charge is 0.309 e. The van der Waals surface area contributed by atoms with E-state index < -0.39 is 5.97 Å². The molecule has 160 valence electrons. The summed E-state index contributed by atoms with van der Waals surface area (Å²) in [6, 6.07) is 15.5. The highest BCUT2D eigenvalue weighted by molar-refractivity contribution is 5.94. The third-order valence-corrected chi connectivity index (χ3v) is 5.29. The zero-order valence-corrected chi connectivity index (χ0v) is 18.3. The quantitative estimate of drug-likeness (QED) is 0.556. The number of nitrogens with one attached hydrogen (secondary N) is 1. The third-order valence-electron chi connectivity index (χ3n) is 5.29. The van der Waals surface area contributed by atoms with Gasteiger partial charge in [-0.05, 0) is 61.1 Å². The molecule has 6 nitrogen and oxygen atoms in total. The molecule has 1 aliphatic carbocycles. The first-order valence-electron chi connectivity index (χ1n) is 10.6. The molecular formula is C25H27N3O3. The summed E-state index contributed by atoms with van der Waals surface area (Å²) in [5, 5.41) is 7.78. The summed E-state index contributed by atoms with van der Waals surface area (Å²) >= 11 is 0. The summed E-state index contributed by atoms with van der Waals surface area (Å²) in [6.07, 6.45) is 1.93. The van der Waals surface area contributed by atoms with E-state index >= 15 is 0 Å². The lowest BCUT2D eigenvalue weighted by atomic mass is 9.99. The van der Waals surface area contributed by atoms with Crippen LogP contribution in [0.2, 0.25) is 0 Å². The van der Waals surface area contributed by atoms with Crippen LogP contribution in [0.5, 0.6) is 5.88 Å². The first-order chi connectivity index (χ1) is 14.8. The van der Waals surface area contributed by atoms with Crippen molar-refractivity contribution in [2.75, 3.05) is 5.32 Å². The Morgan fingerprint density at radius 3 is 2.42 bits per heavy atom. The number of anilines is 1. The molecule has 0 bridgehead atoms. The highest BCUT2D eigenvalue weighted by atomic mass is 16.5. The van der Waals surface area contributed by atoms with Crippen molar-refractivity contribution >= 4 is 17.6 Å². The summed E-state index contributed by atoms with van der Waals surface area (Å²) in [5.41, 5.74) is 5.18. The van der Waals surface area contributed by atoms with Gasteiger partial charge in [0, 0.05) is 18.5 Å². The zero-order chi connectivity index (χ0) is 22.1. The lowest BCUT2D eigenvalue weighted by Gasteiger charge is -2.11. The van der Waals surface area contributed by atoms with Crippen molar-refractivity contribution < 1.29 is 14.3 Å². The average Bonchev–Trinajstić information content (AvgIpc) is 3.50. The predicted molar refractivity (Wildman–Crippen MR) is 120 cm³/mol. The Morgan fingerprint density at radius 2 is 1.84 bits per heavy atom. The maximum atomic E-state index is 12.1. The number of hydrogen-bond donors (Lipinski definition) is 1. The second kappa shape index (κ2) is 8.38. The summed E-state index contributed by atoms with van der Waals surface area (Å²) in [4.78, 5) is 24.0. The molecule has 31 heavy (non-hydrogen) atoms. The van der Waals surface area contributed by atoms with Gasteiger partial charge < -0.3 is 10.1 Å². The van der Waals surface area contributed by atoms with Crippen molar-refractivity contribution in [3.8, 4) is 22.7 Å². The summed E-state index contributed by atoms with van der Waals surface area (Å²) < 4.78 is 7.38. The molecule has 0 unspecified atom stereocenters. The van der Waals surface area contributed by atoms with Gasteiger partial charge in [0.25, 0.3) is 0 Å². The molecule has 2 aromatic carbocycles. The monoisotopic (exact) mass is 417 g/mol. The lowest BCUT2D eigenvalue weighted by molar-refractivity contribution is -0.132. The minimum atomic E-state index is -0.404. The van der Waals surface area contributed by atoms with Crippen molar-refractivity contribution in [1.29, 1.82) is 0 Å². The molecule has 1 aromatic heterocycles. The van der Waals surface area contributed by atoms with Crippen molar-refractivity contribution in [3.05, 3.63) is 59.8 Å². The molecule has 6 heteroatoms. The third kappa shape index (κ3) is 4.53. The number of carbonyl (C=O) groups excluding carboxylic acids is 2. The molecule has 1 fully saturated rings. The van der Waals surface area contributed by atoms with Crippen LogP contribution in [0.15, 0.2) is 48.5 Å². The van der Waals surface area contributed by atoms with Gasteiger partial charge in [-0.1, -0.05) is 38.1 Å². The van der Waals surface area contributed by atoms with Crippen molar-refractivity contribution in [1.82, 2.24) is 9.78 Å². The average molecular weight is 418 g/mol. The Morgan fingerprint density at radius 1 is 1.13 bits per heavy atom. The Kier molecular flexibility index (Phi) is 5.63. The van der Waals surface area contributed by atoms with Gasteiger partial charge >= 0.3 is 5.97 Å². The van der Waals surface area contributed by atoms with Gasteiger partial charge in [0.15, 0.2) is 0 Å². The van der Waals surface area contributed by atoms with Gasteiger partial charge in [-0.15, -0.1) is 0 Å². The number of aromatic nitrogens is 2. The van der Waals surface area contributed by atoms with Gasteiger partial charge in [-0.2, -0.15) is 9.78 Å². The normalized spacial score (nSPS) is 13.3. The second-order valence-corrected chi connectivity index (χ2v) is 8.41. The van der Waals surface area contributed by atoms with E-state index in [0.29, 0.717) is 5.88 Å². The first kappa shape index (κ1) is 20.8. The van der Waals surface area contributed by atoms with E-state index in [-0.39, 0.29) is 17.7 Å². The maximum absolute atomic E-state index is 12.1. The number of esters is 1. The van der Waals surface area contributed by atoms with Gasteiger partial charge in [0.05, 0.1) is 16.9 Å². The fourth-order valence-corrected chi connectivity index (χ4v) is 3.57. The molecule has 1 amide bonds. The largest absolute Gasteiger partial charge is 0.407 e. The number of carbonyl (C=O) groups is 2. The Bertz CT molecular complexity index is 1130. The lowest BCUT2D eigenvalue weighted by Crippen LogP contribution is -2.13. The first-order valence-corrected chi connectivity index (χ1v) is 10.6. The fourth-order valence-electron chi connectivity index (χ4n) is 3.57. The Balaban J connectivity index is 1.79. The summed E-state index contributed by atoms with van der Waals surface area (Å²) in [5.74, 6) is 0.332. The molecule has 1 aliphatic rings. The van der Waals surface area contributed by atoms with E-state index in [0.717, 1.165) is 46.6 Å². The number of benzene rings is 2. The maximum Gasteiger partial charge on any atom is 0.309 e. The van der Waals surface area contributed by atoms with Crippen molar-refractivity contribution in [3.63, 3.8) is 0 Å². The molecule has 4 rings (SSSR count). The molecule has 1 N–H and O–H groups in total. The Hall–Kier alpha value is -3.41. The topological polar surface area (TPSA) is 73.2 Å². The summed E-state index contributed by atoms with van der Waals surface area (Å²) in [6.45, 7) is 7.53. The molecule has 0 saturated heterocycles. The van der Waals surface area contributed by atoms with Gasteiger partial charge in [-0.3, -0.25) is 9.59 Å². The fraction of sp³-hybridized carbons (Fsp3) is 0.320. The number of ether oxygens (including phenoxy) is 1. The number of rotatable bonds is 6. The molecule has 0 aliphatic heterocycles. The van der Waals surface area contributed by atoms with Crippen LogP contribution in [-0.2, 0) is 9.59 Å². The summed E-state index contributed by atoms with van der Waals surface area (Å²) in [7, 11) is 0. The standard InChI is InChI=1S/C25H27N3O3/c1-15(2)23-22(18-10-12-20(13-11-18)26-24(30)19-8-9-19)25(31-17(4)29)28(27-23)21-7-5-6-16(3)14-21/h5-7,10-15,19H,8-9H2,1-4H3,(H,26,30). The molecule has 3 aromatic rings. The van der Waals surface area contributed by atoms with Crippen molar-refractivity contribution in [2.24, 2.45) is 5.92 Å². The molecule has 0 spiro atoms. The van der Waals surface area contributed by atoms with E-state index in [1.54, 1.807) is 4.68 Å². The number of amides is 1. The molecule has 1 heterocycles. The van der Waals surface area contributed by atoms with Crippen LogP contribution in [0.25, 0.3) is 16.8 Å². The van der Waals surface area contributed by atoms with E-state index in [2.05, 4.69) is 19.2 Å². The minimum Gasteiger partial charge on any atom is -0.407 e. The van der Waals surface area contributed by atoms with Crippen molar-refractivity contribution in [2.45, 2.75) is 46.5 Å². The van der Waals surface area contributed by atoms with Crippen LogP contribution in [0.3, 0.4) is 0 Å². The number of aryl methyl sites for hydroxylation is 1. The van der Waals surface area contributed by atoms with Crippen LogP contribution >= 0.6 is 0 Å². The Labute approximate surface area is 182 Å². The van der Waals surface area contributed by atoms with E-state index in [9.17, 15) is 9.59 Å². The highest BCUT2D eigenvalue weighted by Crippen LogP contribution is 2.39. The SMILES string of the molecule is CC(=O)Oc1c(-c2ccc(NC(=O)C3CC3)cc2)c(C(C)C)nn1-c1cccc(C)c1. The van der Waals surface area contributed by atoms with Crippen LogP contribution in [-0.4, -0.2) is 21.7 Å². The minimum absolute atomic E-state index is 0.0727. The van der Waals surface area contributed by atoms with Gasteiger partial charge in [-0.25, -0.2) is 0 Å².